The van der Waals surface area contributed by atoms with E-state index in [2.05, 4.69) is 11.2 Å². The highest BCUT2D eigenvalue weighted by Gasteiger charge is 2.25. The zero-order chi connectivity index (χ0) is 14.2. The van der Waals surface area contributed by atoms with Crippen LogP contribution < -0.4 is 11.1 Å². The van der Waals surface area contributed by atoms with Crippen molar-refractivity contribution in [3.63, 3.8) is 0 Å². The van der Waals surface area contributed by atoms with Gasteiger partial charge in [-0.2, -0.15) is 0 Å². The van der Waals surface area contributed by atoms with Crippen LogP contribution in [0.15, 0.2) is 0 Å². The van der Waals surface area contributed by atoms with E-state index in [1.54, 1.807) is 0 Å². The molecule has 0 aliphatic carbocycles. The van der Waals surface area contributed by atoms with Crippen molar-refractivity contribution < 1.29 is 14.7 Å². The van der Waals surface area contributed by atoms with Gasteiger partial charge in [-0.05, 0) is 12.8 Å². The Morgan fingerprint density at radius 2 is 2.06 bits per heavy atom. The van der Waals surface area contributed by atoms with Gasteiger partial charge in [0.05, 0.1) is 5.75 Å². The zero-order valence-electron chi connectivity index (χ0n) is 10.7. The quantitative estimate of drug-likeness (QED) is 0.558. The predicted molar refractivity (Wildman–Crippen MR) is 73.2 cm³/mol. The Morgan fingerprint density at radius 1 is 1.50 bits per heavy atom. The molecule has 0 saturated heterocycles. The van der Waals surface area contributed by atoms with Crippen molar-refractivity contribution in [1.29, 1.82) is 0 Å². The number of hydrogen-bond acceptors (Lipinski definition) is 4. The number of carboxylic acid groups (broad SMARTS) is 1. The summed E-state index contributed by atoms with van der Waals surface area (Å²) in [5, 5.41) is 11.4. The Hall–Kier alpha value is -1.19. The first-order valence-electron chi connectivity index (χ1n) is 5.75. The molecule has 0 aromatic heterocycles. The second-order valence-electron chi connectivity index (χ2n) is 3.94. The van der Waals surface area contributed by atoms with Gasteiger partial charge in [0, 0.05) is 5.75 Å². The highest BCUT2D eigenvalue weighted by atomic mass is 32.2. The first-order valence-corrected chi connectivity index (χ1v) is 6.91. The lowest BCUT2D eigenvalue weighted by Gasteiger charge is -2.27. The molecule has 1 unspecified atom stereocenters. The van der Waals surface area contributed by atoms with Crippen molar-refractivity contribution in [3.05, 3.63) is 0 Å². The van der Waals surface area contributed by atoms with Crippen LogP contribution in [0.1, 0.15) is 26.7 Å². The number of aliphatic carboxylic acids is 1. The van der Waals surface area contributed by atoms with Gasteiger partial charge in [-0.3, -0.25) is 9.59 Å². The van der Waals surface area contributed by atoms with Gasteiger partial charge >= 0.3 is 5.97 Å². The molecule has 0 bridgehead atoms. The SMILES string of the molecule is C#CC(CC)(CC)NC(=O)CSCC(N)C(=O)O. The van der Waals surface area contributed by atoms with E-state index in [4.69, 9.17) is 17.3 Å². The van der Waals surface area contributed by atoms with Crippen LogP contribution in [-0.2, 0) is 9.59 Å². The summed E-state index contributed by atoms with van der Waals surface area (Å²) in [7, 11) is 0. The molecule has 5 nitrogen and oxygen atoms in total. The number of amides is 1. The van der Waals surface area contributed by atoms with E-state index >= 15 is 0 Å². The lowest BCUT2D eigenvalue weighted by atomic mass is 9.94. The summed E-state index contributed by atoms with van der Waals surface area (Å²) in [4.78, 5) is 22.1. The molecule has 1 amide bonds. The molecule has 0 heterocycles. The number of carbonyl (C=O) groups is 2. The van der Waals surface area contributed by atoms with Gasteiger partial charge in [0.2, 0.25) is 5.91 Å². The molecule has 0 aromatic carbocycles. The maximum absolute atomic E-state index is 11.7. The Kier molecular flexibility index (Phi) is 7.48. The largest absolute Gasteiger partial charge is 0.480 e. The predicted octanol–water partition coefficient (Wildman–Crippen LogP) is 0.440. The summed E-state index contributed by atoms with van der Waals surface area (Å²) < 4.78 is 0. The third kappa shape index (κ3) is 5.43. The molecule has 0 saturated carbocycles. The first-order chi connectivity index (χ1) is 8.40. The third-order valence-corrected chi connectivity index (χ3v) is 3.77. The van der Waals surface area contributed by atoms with Crippen LogP contribution in [0.5, 0.6) is 0 Å². The third-order valence-electron chi connectivity index (χ3n) is 2.71. The van der Waals surface area contributed by atoms with Crippen LogP contribution in [0.25, 0.3) is 0 Å². The zero-order valence-corrected chi connectivity index (χ0v) is 11.5. The van der Waals surface area contributed by atoms with Gasteiger partial charge in [-0.1, -0.05) is 19.8 Å². The Bertz CT molecular complexity index is 335. The number of nitrogens with two attached hydrogens (primary N) is 1. The molecular weight excluding hydrogens is 252 g/mol. The molecule has 0 aliphatic rings. The van der Waals surface area contributed by atoms with Gasteiger partial charge in [0.25, 0.3) is 0 Å². The monoisotopic (exact) mass is 272 g/mol. The van der Waals surface area contributed by atoms with E-state index in [1.807, 2.05) is 13.8 Å². The van der Waals surface area contributed by atoms with Crippen molar-refractivity contribution >= 4 is 23.6 Å². The molecule has 0 radical (unpaired) electrons. The van der Waals surface area contributed by atoms with Crippen LogP contribution in [0.2, 0.25) is 0 Å². The van der Waals surface area contributed by atoms with Gasteiger partial charge < -0.3 is 16.2 Å². The normalized spacial score (nSPS) is 12.6. The molecule has 18 heavy (non-hydrogen) atoms. The highest BCUT2D eigenvalue weighted by molar-refractivity contribution is 8.00. The summed E-state index contributed by atoms with van der Waals surface area (Å²) in [5.41, 5.74) is 4.72. The average Bonchev–Trinajstić information content (AvgIpc) is 2.35. The van der Waals surface area contributed by atoms with Crippen LogP contribution in [-0.4, -0.2) is 40.1 Å². The number of nitrogens with one attached hydrogen (secondary N) is 1. The van der Waals surface area contributed by atoms with Gasteiger partial charge in [-0.25, -0.2) is 0 Å². The fourth-order valence-corrected chi connectivity index (χ4v) is 2.09. The second-order valence-corrected chi connectivity index (χ2v) is 4.97. The summed E-state index contributed by atoms with van der Waals surface area (Å²) in [6.07, 6.45) is 6.74. The summed E-state index contributed by atoms with van der Waals surface area (Å²) in [5.74, 6) is 1.70. The van der Waals surface area contributed by atoms with E-state index in [9.17, 15) is 9.59 Å². The number of hydrogen-bond donors (Lipinski definition) is 3. The van der Waals surface area contributed by atoms with E-state index < -0.39 is 17.6 Å². The molecule has 0 aromatic rings. The minimum atomic E-state index is -1.07. The molecule has 0 fully saturated rings. The lowest BCUT2D eigenvalue weighted by molar-refractivity contribution is -0.138. The number of thioether (sulfide) groups is 1. The van der Waals surface area contributed by atoms with Crippen molar-refractivity contribution in [2.75, 3.05) is 11.5 Å². The summed E-state index contributed by atoms with van der Waals surface area (Å²) >= 11 is 1.18. The van der Waals surface area contributed by atoms with Crippen molar-refractivity contribution in [2.24, 2.45) is 5.73 Å². The van der Waals surface area contributed by atoms with Crippen LogP contribution in [0, 0.1) is 12.3 Å². The summed E-state index contributed by atoms with van der Waals surface area (Å²) in [6, 6.07) is -0.947. The molecule has 0 spiro atoms. The Balaban J connectivity index is 4.13. The Labute approximate surface area is 112 Å². The number of carboxylic acids is 1. The van der Waals surface area contributed by atoms with Crippen LogP contribution in [0.3, 0.4) is 0 Å². The van der Waals surface area contributed by atoms with Crippen LogP contribution >= 0.6 is 11.8 Å². The van der Waals surface area contributed by atoms with Crippen molar-refractivity contribution in [1.82, 2.24) is 5.32 Å². The fraction of sp³-hybridized carbons (Fsp3) is 0.667. The van der Waals surface area contributed by atoms with Gasteiger partial charge in [-0.15, -0.1) is 18.2 Å². The minimum absolute atomic E-state index is 0.157. The fourth-order valence-electron chi connectivity index (χ4n) is 1.32. The Morgan fingerprint density at radius 3 is 2.44 bits per heavy atom. The van der Waals surface area contributed by atoms with E-state index in [1.165, 1.54) is 11.8 Å². The molecule has 4 N–H and O–H groups in total. The van der Waals surface area contributed by atoms with E-state index in [0.717, 1.165) is 0 Å². The van der Waals surface area contributed by atoms with Gasteiger partial charge in [0.15, 0.2) is 0 Å². The molecule has 0 rings (SSSR count). The van der Waals surface area contributed by atoms with E-state index in [0.29, 0.717) is 12.8 Å². The topological polar surface area (TPSA) is 92.4 Å². The van der Waals surface area contributed by atoms with Crippen molar-refractivity contribution in [3.8, 4) is 12.3 Å². The lowest BCUT2D eigenvalue weighted by Crippen LogP contribution is -2.47. The molecule has 1 atom stereocenters. The minimum Gasteiger partial charge on any atom is -0.480 e. The molecular formula is C12H20N2O3S. The first kappa shape index (κ1) is 16.8. The maximum atomic E-state index is 11.7. The smallest absolute Gasteiger partial charge is 0.321 e. The standard InChI is InChI=1S/C12H20N2O3S/c1-4-12(5-2,6-3)14-10(15)8-18-7-9(13)11(16)17/h1,9H,5-8,13H2,2-3H3,(H,14,15)(H,16,17). The van der Waals surface area contributed by atoms with Crippen LogP contribution in [0.4, 0.5) is 0 Å². The second kappa shape index (κ2) is 8.01. The van der Waals surface area contributed by atoms with Gasteiger partial charge in [0.1, 0.15) is 11.6 Å². The number of terminal acetylenes is 1. The van der Waals surface area contributed by atoms with Crippen molar-refractivity contribution in [2.45, 2.75) is 38.3 Å². The molecule has 6 heteroatoms. The highest BCUT2D eigenvalue weighted by Crippen LogP contribution is 2.14. The molecule has 102 valence electrons. The molecule has 0 aliphatic heterocycles. The number of carbonyl (C=O) groups excluding carboxylic acids is 1. The number of rotatable bonds is 8. The maximum Gasteiger partial charge on any atom is 0.321 e. The average molecular weight is 272 g/mol. The summed E-state index contributed by atoms with van der Waals surface area (Å²) in [6.45, 7) is 3.83. The van der Waals surface area contributed by atoms with E-state index in [-0.39, 0.29) is 17.4 Å².